The highest BCUT2D eigenvalue weighted by Crippen LogP contribution is 2.09. The van der Waals surface area contributed by atoms with E-state index in [9.17, 15) is 19.5 Å². The van der Waals surface area contributed by atoms with Gasteiger partial charge in [0.15, 0.2) is 0 Å². The number of nitrogens with one attached hydrogen (secondary N) is 1. The summed E-state index contributed by atoms with van der Waals surface area (Å²) in [7, 11) is 0. The highest BCUT2D eigenvalue weighted by Gasteiger charge is 2.23. The quantitative estimate of drug-likeness (QED) is 0.563. The number of carboxylic acid groups (broad SMARTS) is 1. The summed E-state index contributed by atoms with van der Waals surface area (Å²) in [6.07, 6.45) is 0.0332. The minimum absolute atomic E-state index is 0.0774. The second-order valence-corrected chi connectivity index (χ2v) is 4.28. The van der Waals surface area contributed by atoms with Gasteiger partial charge in [0.05, 0.1) is 12.5 Å². The number of nitrogens with zero attached hydrogens (tertiary/aromatic N) is 1. The number of aliphatic hydroxyl groups excluding tert-OH is 1. The first-order chi connectivity index (χ1) is 8.49. The van der Waals surface area contributed by atoms with Crippen LogP contribution in [0, 0.1) is 0 Å². The standard InChI is InChI=1S/C11H18N2O5/c14-8-4-6-13(7-8)10(16)3-5-12-9(15)1-2-11(17)18/h8,14H,1-7H2,(H,12,15)(H,17,18)/t8-/m1/s1. The van der Waals surface area contributed by atoms with Gasteiger partial charge in [0.1, 0.15) is 0 Å². The lowest BCUT2D eigenvalue weighted by molar-refractivity contribution is -0.139. The van der Waals surface area contributed by atoms with Gasteiger partial charge < -0.3 is 20.4 Å². The van der Waals surface area contributed by atoms with Crippen LogP contribution in [0.5, 0.6) is 0 Å². The molecule has 0 aromatic rings. The van der Waals surface area contributed by atoms with E-state index in [1.54, 1.807) is 4.90 Å². The van der Waals surface area contributed by atoms with E-state index in [2.05, 4.69) is 5.32 Å². The Balaban J connectivity index is 2.11. The van der Waals surface area contributed by atoms with E-state index < -0.39 is 12.1 Å². The lowest BCUT2D eigenvalue weighted by Gasteiger charge is -2.15. The van der Waals surface area contributed by atoms with Crippen molar-refractivity contribution in [1.29, 1.82) is 0 Å². The van der Waals surface area contributed by atoms with E-state index in [0.717, 1.165) is 0 Å². The molecule has 7 heteroatoms. The van der Waals surface area contributed by atoms with Crippen LogP contribution < -0.4 is 5.32 Å². The smallest absolute Gasteiger partial charge is 0.303 e. The number of likely N-dealkylation sites (tertiary alicyclic amines) is 1. The fourth-order valence-corrected chi connectivity index (χ4v) is 1.74. The number of amides is 2. The monoisotopic (exact) mass is 258 g/mol. The molecule has 0 aromatic heterocycles. The van der Waals surface area contributed by atoms with Gasteiger partial charge in [0.25, 0.3) is 0 Å². The van der Waals surface area contributed by atoms with E-state index in [1.165, 1.54) is 0 Å². The van der Waals surface area contributed by atoms with Crippen LogP contribution in [0.1, 0.15) is 25.7 Å². The van der Waals surface area contributed by atoms with Crippen molar-refractivity contribution in [3.8, 4) is 0 Å². The second kappa shape index (κ2) is 6.95. The van der Waals surface area contributed by atoms with Crippen LogP contribution in [0.3, 0.4) is 0 Å². The number of rotatable bonds is 6. The maximum absolute atomic E-state index is 11.6. The number of carbonyl (C=O) groups excluding carboxylic acids is 2. The van der Waals surface area contributed by atoms with E-state index in [0.29, 0.717) is 19.5 Å². The molecule has 1 fully saturated rings. The summed E-state index contributed by atoms with van der Waals surface area (Å²) in [6.45, 7) is 1.10. The highest BCUT2D eigenvalue weighted by atomic mass is 16.4. The lowest BCUT2D eigenvalue weighted by atomic mass is 10.3. The third-order valence-electron chi connectivity index (χ3n) is 2.74. The van der Waals surface area contributed by atoms with Crippen LogP contribution in [0.2, 0.25) is 0 Å². The van der Waals surface area contributed by atoms with Gasteiger partial charge >= 0.3 is 5.97 Å². The third-order valence-corrected chi connectivity index (χ3v) is 2.74. The van der Waals surface area contributed by atoms with Crippen LogP contribution in [0.4, 0.5) is 0 Å². The molecule has 18 heavy (non-hydrogen) atoms. The number of β-amino-alcohol motifs (C(OH)–C–C–N with tert-alkyl or cyclic N) is 1. The first kappa shape index (κ1) is 14.4. The second-order valence-electron chi connectivity index (χ2n) is 4.28. The molecule has 2 amide bonds. The number of carboxylic acids is 1. The Morgan fingerprint density at radius 3 is 2.50 bits per heavy atom. The summed E-state index contributed by atoms with van der Waals surface area (Å²) in [5.41, 5.74) is 0. The molecule has 7 nitrogen and oxygen atoms in total. The Morgan fingerprint density at radius 1 is 1.22 bits per heavy atom. The molecule has 0 aliphatic carbocycles. The minimum Gasteiger partial charge on any atom is -0.481 e. The van der Waals surface area contributed by atoms with Crippen molar-refractivity contribution < 1.29 is 24.6 Å². The molecule has 1 rings (SSSR count). The molecule has 0 aromatic carbocycles. The topological polar surface area (TPSA) is 107 Å². The molecule has 1 heterocycles. The maximum atomic E-state index is 11.6. The Morgan fingerprint density at radius 2 is 1.94 bits per heavy atom. The molecular weight excluding hydrogens is 240 g/mol. The van der Waals surface area contributed by atoms with Crippen LogP contribution in [-0.2, 0) is 14.4 Å². The molecular formula is C11H18N2O5. The predicted molar refractivity (Wildman–Crippen MR) is 61.7 cm³/mol. The number of aliphatic carboxylic acids is 1. The molecule has 102 valence electrons. The van der Waals surface area contributed by atoms with Gasteiger partial charge in [-0.1, -0.05) is 0 Å². The summed E-state index contributed by atoms with van der Waals surface area (Å²) in [5, 5.41) is 20.1. The van der Waals surface area contributed by atoms with Crippen molar-refractivity contribution >= 4 is 17.8 Å². The lowest BCUT2D eigenvalue weighted by Crippen LogP contribution is -2.33. The van der Waals surface area contributed by atoms with E-state index in [-0.39, 0.29) is 37.6 Å². The molecule has 1 saturated heterocycles. The molecule has 0 radical (unpaired) electrons. The molecule has 1 aliphatic heterocycles. The van der Waals surface area contributed by atoms with Gasteiger partial charge in [0.2, 0.25) is 11.8 Å². The summed E-state index contributed by atoms with van der Waals surface area (Å²) in [6, 6.07) is 0. The van der Waals surface area contributed by atoms with Crippen molar-refractivity contribution in [2.45, 2.75) is 31.8 Å². The average molecular weight is 258 g/mol. The van der Waals surface area contributed by atoms with E-state index >= 15 is 0 Å². The first-order valence-corrected chi connectivity index (χ1v) is 5.93. The Labute approximate surface area is 105 Å². The largest absolute Gasteiger partial charge is 0.481 e. The van der Waals surface area contributed by atoms with Crippen LogP contribution in [0.15, 0.2) is 0 Å². The summed E-state index contributed by atoms with van der Waals surface area (Å²) in [5.74, 6) is -1.50. The van der Waals surface area contributed by atoms with Crippen LogP contribution in [0.25, 0.3) is 0 Å². The van der Waals surface area contributed by atoms with Gasteiger partial charge in [-0.3, -0.25) is 14.4 Å². The maximum Gasteiger partial charge on any atom is 0.303 e. The van der Waals surface area contributed by atoms with Crippen molar-refractivity contribution in [3.05, 3.63) is 0 Å². The van der Waals surface area contributed by atoms with Gasteiger partial charge in [-0.25, -0.2) is 0 Å². The van der Waals surface area contributed by atoms with Crippen molar-refractivity contribution in [2.24, 2.45) is 0 Å². The van der Waals surface area contributed by atoms with Crippen molar-refractivity contribution in [2.75, 3.05) is 19.6 Å². The molecule has 0 unspecified atom stereocenters. The zero-order valence-electron chi connectivity index (χ0n) is 10.1. The fourth-order valence-electron chi connectivity index (χ4n) is 1.74. The fraction of sp³-hybridized carbons (Fsp3) is 0.727. The van der Waals surface area contributed by atoms with Crippen LogP contribution in [-0.4, -0.2) is 58.6 Å². The summed E-state index contributed by atoms with van der Waals surface area (Å²) >= 11 is 0. The third kappa shape index (κ3) is 5.13. The predicted octanol–water partition coefficient (Wildman–Crippen LogP) is -1.05. The van der Waals surface area contributed by atoms with Crippen LogP contribution >= 0.6 is 0 Å². The molecule has 0 spiro atoms. The van der Waals surface area contributed by atoms with Gasteiger partial charge in [-0.15, -0.1) is 0 Å². The van der Waals surface area contributed by atoms with E-state index in [1.807, 2.05) is 0 Å². The molecule has 0 saturated carbocycles. The van der Waals surface area contributed by atoms with Gasteiger partial charge in [-0.05, 0) is 6.42 Å². The average Bonchev–Trinajstić information content (AvgIpc) is 2.73. The number of hydrogen-bond donors (Lipinski definition) is 3. The first-order valence-electron chi connectivity index (χ1n) is 5.93. The molecule has 3 N–H and O–H groups in total. The minimum atomic E-state index is -1.02. The normalized spacial score (nSPS) is 18.7. The number of carbonyl (C=O) groups is 3. The molecule has 0 bridgehead atoms. The Hall–Kier alpha value is -1.63. The number of hydrogen-bond acceptors (Lipinski definition) is 4. The highest BCUT2D eigenvalue weighted by molar-refractivity contribution is 5.81. The molecule has 1 aliphatic rings. The summed E-state index contributed by atoms with van der Waals surface area (Å²) in [4.78, 5) is 34.6. The summed E-state index contributed by atoms with van der Waals surface area (Å²) < 4.78 is 0. The van der Waals surface area contributed by atoms with E-state index in [4.69, 9.17) is 5.11 Å². The Bertz CT molecular complexity index is 331. The SMILES string of the molecule is O=C(O)CCC(=O)NCCC(=O)N1CC[C@@H](O)C1. The Kier molecular flexibility index (Phi) is 5.57. The van der Waals surface area contributed by atoms with Crippen molar-refractivity contribution in [3.63, 3.8) is 0 Å². The van der Waals surface area contributed by atoms with Gasteiger partial charge in [0, 0.05) is 32.5 Å². The van der Waals surface area contributed by atoms with Crippen molar-refractivity contribution in [1.82, 2.24) is 10.2 Å². The zero-order chi connectivity index (χ0) is 13.5. The van der Waals surface area contributed by atoms with Gasteiger partial charge in [-0.2, -0.15) is 0 Å². The zero-order valence-corrected chi connectivity index (χ0v) is 10.1. The number of aliphatic hydroxyl groups is 1. The molecule has 1 atom stereocenters.